The maximum absolute atomic E-state index is 12.1. The number of aliphatic carboxylic acids is 1. The smallest absolute Gasteiger partial charge is 0.387 e. The largest absolute Gasteiger partial charge is 0.480 e. The second kappa shape index (κ2) is 8.29. The van der Waals surface area contributed by atoms with E-state index in [9.17, 15) is 13.6 Å². The summed E-state index contributed by atoms with van der Waals surface area (Å²) in [7, 11) is 0. The summed E-state index contributed by atoms with van der Waals surface area (Å²) in [4.78, 5) is 11.1. The van der Waals surface area contributed by atoms with Crippen LogP contribution in [0.15, 0.2) is 22.7 Å². The number of hydrogen-bond donors (Lipinski definition) is 2. The number of carbonyl (C=O) groups is 1. The van der Waals surface area contributed by atoms with Crippen LogP contribution < -0.4 is 10.1 Å². The Kier molecular flexibility index (Phi) is 7.04. The van der Waals surface area contributed by atoms with Crippen LogP contribution in [0.1, 0.15) is 25.8 Å². The van der Waals surface area contributed by atoms with E-state index in [2.05, 4.69) is 26.0 Å². The van der Waals surface area contributed by atoms with Crippen LogP contribution in [0.2, 0.25) is 0 Å². The van der Waals surface area contributed by atoms with Crippen molar-refractivity contribution in [1.82, 2.24) is 5.32 Å². The number of halogens is 3. The van der Waals surface area contributed by atoms with Gasteiger partial charge in [0.25, 0.3) is 0 Å². The average Bonchev–Trinajstić information content (AvgIpc) is 2.36. The first-order valence-corrected chi connectivity index (χ1v) is 7.28. The van der Waals surface area contributed by atoms with Crippen molar-refractivity contribution in [3.8, 4) is 5.75 Å². The monoisotopic (exact) mass is 365 g/mol. The third-order valence-corrected chi connectivity index (χ3v) is 3.39. The van der Waals surface area contributed by atoms with Crippen molar-refractivity contribution in [2.75, 3.05) is 0 Å². The number of benzene rings is 1. The summed E-state index contributed by atoms with van der Waals surface area (Å²) >= 11 is 3.15. The quantitative estimate of drug-likeness (QED) is 0.738. The molecule has 0 saturated heterocycles. The molecule has 1 aromatic rings. The van der Waals surface area contributed by atoms with Gasteiger partial charge in [-0.1, -0.05) is 19.9 Å². The zero-order chi connectivity index (χ0) is 16.0. The topological polar surface area (TPSA) is 58.6 Å². The van der Waals surface area contributed by atoms with E-state index in [1.54, 1.807) is 12.1 Å². The van der Waals surface area contributed by atoms with Crippen LogP contribution in [0.5, 0.6) is 5.75 Å². The third kappa shape index (κ3) is 6.39. The number of carboxylic acid groups (broad SMARTS) is 1. The van der Waals surface area contributed by atoms with Gasteiger partial charge in [0, 0.05) is 6.54 Å². The summed E-state index contributed by atoms with van der Waals surface area (Å²) in [5, 5.41) is 12.1. The van der Waals surface area contributed by atoms with Gasteiger partial charge >= 0.3 is 12.6 Å². The van der Waals surface area contributed by atoms with Gasteiger partial charge < -0.3 is 15.2 Å². The fourth-order valence-electron chi connectivity index (χ4n) is 1.83. The van der Waals surface area contributed by atoms with Crippen LogP contribution >= 0.6 is 15.9 Å². The predicted molar refractivity (Wildman–Crippen MR) is 78.5 cm³/mol. The molecular formula is C14H18BrF2NO3. The number of hydrogen-bond acceptors (Lipinski definition) is 3. The molecule has 0 spiro atoms. The van der Waals surface area contributed by atoms with Crippen molar-refractivity contribution in [1.29, 1.82) is 0 Å². The Morgan fingerprint density at radius 2 is 2.10 bits per heavy atom. The lowest BCUT2D eigenvalue weighted by Crippen LogP contribution is -2.37. The average molecular weight is 366 g/mol. The van der Waals surface area contributed by atoms with Crippen molar-refractivity contribution < 1.29 is 23.4 Å². The maximum atomic E-state index is 12.1. The molecule has 1 atom stereocenters. The zero-order valence-electron chi connectivity index (χ0n) is 11.8. The Morgan fingerprint density at radius 3 is 2.57 bits per heavy atom. The zero-order valence-corrected chi connectivity index (χ0v) is 13.4. The number of carboxylic acids is 1. The molecule has 1 aromatic carbocycles. The van der Waals surface area contributed by atoms with Crippen LogP contribution in [-0.2, 0) is 11.3 Å². The molecule has 21 heavy (non-hydrogen) atoms. The summed E-state index contributed by atoms with van der Waals surface area (Å²) in [5.74, 6) is -0.599. The molecule has 1 rings (SSSR count). The molecule has 0 aromatic heterocycles. The molecule has 7 heteroatoms. The van der Waals surface area contributed by atoms with Crippen LogP contribution in [0.25, 0.3) is 0 Å². The molecular weight excluding hydrogens is 348 g/mol. The van der Waals surface area contributed by atoms with Gasteiger partial charge in [-0.2, -0.15) is 8.78 Å². The lowest BCUT2D eigenvalue weighted by molar-refractivity contribution is -0.140. The van der Waals surface area contributed by atoms with Gasteiger partial charge in [-0.05, 0) is 46.0 Å². The van der Waals surface area contributed by atoms with E-state index in [1.807, 2.05) is 13.8 Å². The number of rotatable bonds is 8. The van der Waals surface area contributed by atoms with E-state index in [1.165, 1.54) is 6.07 Å². The lowest BCUT2D eigenvalue weighted by atomic mass is 10.0. The Hall–Kier alpha value is -1.21. The van der Waals surface area contributed by atoms with Gasteiger partial charge in [-0.15, -0.1) is 0 Å². The lowest BCUT2D eigenvalue weighted by Gasteiger charge is -2.17. The van der Waals surface area contributed by atoms with Gasteiger partial charge in [0.2, 0.25) is 0 Å². The van der Waals surface area contributed by atoms with E-state index >= 15 is 0 Å². The highest BCUT2D eigenvalue weighted by molar-refractivity contribution is 9.10. The van der Waals surface area contributed by atoms with E-state index < -0.39 is 18.6 Å². The predicted octanol–water partition coefficient (Wildman–Crippen LogP) is 3.64. The van der Waals surface area contributed by atoms with Crippen molar-refractivity contribution in [3.63, 3.8) is 0 Å². The van der Waals surface area contributed by atoms with Crippen molar-refractivity contribution in [2.45, 2.75) is 39.5 Å². The van der Waals surface area contributed by atoms with Crippen LogP contribution in [-0.4, -0.2) is 23.7 Å². The first-order valence-electron chi connectivity index (χ1n) is 6.49. The molecule has 0 saturated carbocycles. The normalized spacial score (nSPS) is 12.7. The molecule has 0 heterocycles. The van der Waals surface area contributed by atoms with E-state index in [0.717, 1.165) is 5.56 Å². The second-order valence-corrected chi connectivity index (χ2v) is 5.90. The first-order chi connectivity index (χ1) is 9.79. The van der Waals surface area contributed by atoms with Crippen LogP contribution in [0.3, 0.4) is 0 Å². The van der Waals surface area contributed by atoms with Gasteiger partial charge in [0.05, 0.1) is 4.47 Å². The Labute approximate surface area is 130 Å². The summed E-state index contributed by atoms with van der Waals surface area (Å²) in [6.07, 6.45) is 0.517. The fourth-order valence-corrected chi connectivity index (χ4v) is 2.35. The Balaban J connectivity index is 2.66. The Bertz CT molecular complexity index is 483. The van der Waals surface area contributed by atoms with Gasteiger partial charge in [-0.3, -0.25) is 4.79 Å². The summed E-state index contributed by atoms with van der Waals surface area (Å²) in [6, 6.07) is 4.02. The number of nitrogens with one attached hydrogen (secondary N) is 1. The highest BCUT2D eigenvalue weighted by Crippen LogP contribution is 2.27. The molecule has 0 aliphatic rings. The SMILES string of the molecule is CC(C)C[C@H](NCc1ccc(OC(F)F)c(Br)c1)C(=O)O. The van der Waals surface area contributed by atoms with E-state index in [0.29, 0.717) is 17.4 Å². The van der Waals surface area contributed by atoms with Crippen molar-refractivity contribution in [2.24, 2.45) is 5.92 Å². The van der Waals surface area contributed by atoms with E-state index in [-0.39, 0.29) is 11.7 Å². The first kappa shape index (κ1) is 17.8. The second-order valence-electron chi connectivity index (χ2n) is 5.04. The molecule has 0 radical (unpaired) electrons. The van der Waals surface area contributed by atoms with Gasteiger partial charge in [0.15, 0.2) is 0 Å². The minimum atomic E-state index is -2.88. The minimum absolute atomic E-state index is 0.0470. The minimum Gasteiger partial charge on any atom is -0.480 e. The van der Waals surface area contributed by atoms with Crippen LogP contribution in [0.4, 0.5) is 8.78 Å². The summed E-state index contributed by atoms with van der Waals surface area (Å²) < 4.78 is 29.0. The summed E-state index contributed by atoms with van der Waals surface area (Å²) in [6.45, 7) is 1.35. The van der Waals surface area contributed by atoms with Gasteiger partial charge in [-0.25, -0.2) is 0 Å². The number of ether oxygens (including phenoxy) is 1. The Morgan fingerprint density at radius 1 is 1.43 bits per heavy atom. The maximum Gasteiger partial charge on any atom is 0.387 e. The standard InChI is InChI=1S/C14H18BrF2NO3/c1-8(2)5-11(13(19)20)18-7-9-3-4-12(10(15)6-9)21-14(16)17/h3-4,6,8,11,14,18H,5,7H2,1-2H3,(H,19,20)/t11-/m0/s1. The fraction of sp³-hybridized carbons (Fsp3) is 0.500. The molecule has 2 N–H and O–H groups in total. The van der Waals surface area contributed by atoms with Crippen LogP contribution in [0, 0.1) is 5.92 Å². The molecule has 0 amide bonds. The third-order valence-electron chi connectivity index (χ3n) is 2.77. The molecule has 4 nitrogen and oxygen atoms in total. The molecule has 0 aliphatic carbocycles. The highest BCUT2D eigenvalue weighted by atomic mass is 79.9. The highest BCUT2D eigenvalue weighted by Gasteiger charge is 2.18. The molecule has 118 valence electrons. The van der Waals surface area contributed by atoms with Crippen molar-refractivity contribution >= 4 is 21.9 Å². The molecule has 0 bridgehead atoms. The van der Waals surface area contributed by atoms with Gasteiger partial charge in [0.1, 0.15) is 11.8 Å². The summed E-state index contributed by atoms with van der Waals surface area (Å²) in [5.41, 5.74) is 0.776. The van der Waals surface area contributed by atoms with E-state index in [4.69, 9.17) is 5.11 Å². The molecule has 0 aliphatic heterocycles. The number of alkyl halides is 2. The molecule has 0 fully saturated rings. The van der Waals surface area contributed by atoms with Crippen molar-refractivity contribution in [3.05, 3.63) is 28.2 Å². The molecule has 0 unspecified atom stereocenters.